The van der Waals surface area contributed by atoms with Crippen molar-refractivity contribution in [2.75, 3.05) is 6.54 Å². The highest BCUT2D eigenvalue weighted by Gasteiger charge is 2.44. The Balaban J connectivity index is 1.39. The smallest absolute Gasteiger partial charge is 0.488 e. The third kappa shape index (κ3) is 9.22. The van der Waals surface area contributed by atoms with E-state index in [-0.39, 0.29) is 17.3 Å². The van der Waals surface area contributed by atoms with Crippen molar-refractivity contribution >= 4 is 52.9 Å². The number of aryl methyl sites for hydroxylation is 3. The molecule has 1 aliphatic heterocycles. The highest BCUT2D eigenvalue weighted by Crippen LogP contribution is 2.41. The van der Waals surface area contributed by atoms with E-state index in [1.807, 2.05) is 18.2 Å². The normalized spacial score (nSPS) is 13.8. The molecule has 1 aliphatic rings. The second-order valence-corrected chi connectivity index (χ2v) is 16.6. The molecule has 0 aliphatic carbocycles. The monoisotopic (exact) mass is 760 g/mol. The van der Waals surface area contributed by atoms with Gasteiger partial charge < -0.3 is 19.9 Å². The lowest BCUT2D eigenvalue weighted by atomic mass is 9.75. The number of carboxylic acid groups (broad SMARTS) is 1. The first-order chi connectivity index (χ1) is 27.0. The lowest BCUT2D eigenvalue weighted by molar-refractivity contribution is -0.438. The number of hydrogen-bond donors (Lipinski definition) is 3. The van der Waals surface area contributed by atoms with E-state index in [2.05, 4.69) is 145 Å². The number of hydrogen-bond acceptors (Lipinski definition) is 4. The zero-order valence-corrected chi connectivity index (χ0v) is 34.4. The van der Waals surface area contributed by atoms with Gasteiger partial charge in [-0.1, -0.05) is 98.3 Å². The summed E-state index contributed by atoms with van der Waals surface area (Å²) in [6, 6.07) is 30.9. The molecule has 0 spiro atoms. The Morgan fingerprint density at radius 2 is 1.58 bits per heavy atom. The summed E-state index contributed by atoms with van der Waals surface area (Å²) < 4.78 is 8.63. The standard InChI is InChI=1S/C50H54BNO5/c1-33-12-14-35(3)44(27-33)49(5,6)36(4)15-16-38-29-39(43-23-22-42(31-40(43)30-38)57-32-37-17-20-41(21-18-37)51(55)56)19-25-47-50(7,8)45-28-34(2)13-24-46(45)52(47)26-10-9-11-48(53)54/h12-25,27-31,55-56H,4,9-11,26,32H2,1-3,5-8H3/p+1/b16-15+,25-19+. The highest BCUT2D eigenvalue weighted by atomic mass is 16.5. The van der Waals surface area contributed by atoms with Crippen LogP contribution in [0.3, 0.4) is 0 Å². The predicted molar refractivity (Wildman–Crippen MR) is 236 cm³/mol. The third-order valence-corrected chi connectivity index (χ3v) is 11.5. The van der Waals surface area contributed by atoms with Gasteiger partial charge in [0.05, 0.1) is 5.41 Å². The van der Waals surface area contributed by atoms with Gasteiger partial charge in [-0.15, -0.1) is 0 Å². The second kappa shape index (κ2) is 16.9. The molecule has 3 N–H and O–H groups in total. The van der Waals surface area contributed by atoms with E-state index >= 15 is 0 Å². The van der Waals surface area contributed by atoms with Crippen LogP contribution in [-0.4, -0.2) is 45.1 Å². The average molecular weight is 761 g/mol. The summed E-state index contributed by atoms with van der Waals surface area (Å²) in [5.41, 5.74) is 12.5. The Morgan fingerprint density at radius 1 is 0.860 bits per heavy atom. The van der Waals surface area contributed by atoms with Crippen molar-refractivity contribution in [1.82, 2.24) is 0 Å². The molecule has 1 heterocycles. The molecule has 292 valence electrons. The number of carbonyl (C=O) groups is 1. The molecule has 6 nitrogen and oxygen atoms in total. The molecule has 57 heavy (non-hydrogen) atoms. The SMILES string of the molecule is C=C(/C=C/c1cc(/C=C/C2=[N+](CCCCC(=O)O)c3ccc(C)cc3C2(C)C)c2ccc(OCc3ccc(B(O)O)cc3)cc2c1)C(C)(C)c1cc(C)ccc1C. The van der Waals surface area contributed by atoms with E-state index in [4.69, 9.17) is 4.74 Å². The lowest BCUT2D eigenvalue weighted by Crippen LogP contribution is -2.29. The maximum absolute atomic E-state index is 11.3. The minimum absolute atomic E-state index is 0.162. The topological polar surface area (TPSA) is 90.0 Å². The van der Waals surface area contributed by atoms with E-state index in [1.54, 1.807) is 12.1 Å². The molecule has 5 aromatic rings. The van der Waals surface area contributed by atoms with Crippen LogP contribution in [0.2, 0.25) is 0 Å². The number of fused-ring (bicyclic) bond motifs is 2. The molecule has 0 radical (unpaired) electrons. The largest absolute Gasteiger partial charge is 0.489 e. The van der Waals surface area contributed by atoms with E-state index in [9.17, 15) is 19.9 Å². The zero-order valence-electron chi connectivity index (χ0n) is 34.4. The Hall–Kier alpha value is -5.50. The van der Waals surface area contributed by atoms with Crippen LogP contribution in [0.5, 0.6) is 5.75 Å². The van der Waals surface area contributed by atoms with E-state index in [0.29, 0.717) is 18.5 Å². The Bertz CT molecular complexity index is 2420. The zero-order chi connectivity index (χ0) is 41.1. The molecule has 6 rings (SSSR count). The Labute approximate surface area is 338 Å². The van der Waals surface area contributed by atoms with Crippen molar-refractivity contribution < 1.29 is 29.3 Å². The molecule has 7 heteroatoms. The second-order valence-electron chi connectivity index (χ2n) is 16.6. The number of unbranched alkanes of at least 4 members (excludes halogenated alkanes) is 1. The van der Waals surface area contributed by atoms with Crippen molar-refractivity contribution in [3.8, 4) is 5.75 Å². The molecule has 0 unspecified atom stereocenters. The van der Waals surface area contributed by atoms with E-state index in [0.717, 1.165) is 51.8 Å². The van der Waals surface area contributed by atoms with Crippen molar-refractivity contribution in [2.24, 2.45) is 0 Å². The van der Waals surface area contributed by atoms with Gasteiger partial charge >= 0.3 is 13.1 Å². The molecule has 0 bridgehead atoms. The first-order valence-corrected chi connectivity index (χ1v) is 19.8. The predicted octanol–water partition coefficient (Wildman–Crippen LogP) is 9.92. The number of carboxylic acids is 1. The number of allylic oxidation sites excluding steroid dienone is 3. The minimum atomic E-state index is -1.51. The fourth-order valence-corrected chi connectivity index (χ4v) is 7.91. The van der Waals surface area contributed by atoms with E-state index in [1.165, 1.54) is 39.2 Å². The number of ether oxygens (including phenoxy) is 1. The molecular formula is C50H55BNO5+. The summed E-state index contributed by atoms with van der Waals surface area (Å²) in [6.45, 7) is 21.0. The fourth-order valence-electron chi connectivity index (χ4n) is 7.91. The molecule has 5 aromatic carbocycles. The maximum atomic E-state index is 11.3. The van der Waals surface area contributed by atoms with Gasteiger partial charge in [0.25, 0.3) is 0 Å². The average Bonchev–Trinajstić information content (AvgIpc) is 3.38. The van der Waals surface area contributed by atoms with Crippen molar-refractivity contribution in [3.05, 3.63) is 160 Å². The molecule has 0 fully saturated rings. The molecular weight excluding hydrogens is 705 g/mol. The number of nitrogens with zero attached hydrogens (tertiary/aromatic N) is 1. The van der Waals surface area contributed by atoms with Crippen LogP contribution in [-0.2, 0) is 22.2 Å². The summed E-state index contributed by atoms with van der Waals surface area (Å²) in [7, 11) is -1.51. The van der Waals surface area contributed by atoms with Gasteiger partial charge in [0, 0.05) is 36.0 Å². The van der Waals surface area contributed by atoms with E-state index < -0.39 is 13.1 Å². The summed E-state index contributed by atoms with van der Waals surface area (Å²) >= 11 is 0. The van der Waals surface area contributed by atoms with Gasteiger partial charge in [-0.3, -0.25) is 4.79 Å². The molecule has 0 atom stereocenters. The van der Waals surface area contributed by atoms with Gasteiger partial charge in [0.2, 0.25) is 5.69 Å². The van der Waals surface area contributed by atoms with Crippen LogP contribution in [0.15, 0.2) is 115 Å². The number of benzene rings is 5. The Morgan fingerprint density at radius 3 is 2.30 bits per heavy atom. The maximum Gasteiger partial charge on any atom is 0.488 e. The van der Waals surface area contributed by atoms with Crippen molar-refractivity contribution in [3.63, 3.8) is 0 Å². The lowest BCUT2D eigenvalue weighted by Gasteiger charge is -2.28. The summed E-state index contributed by atoms with van der Waals surface area (Å²) in [4.78, 5) is 11.3. The fraction of sp³-hybridized carbons (Fsp3) is 0.280. The quantitative estimate of drug-likeness (QED) is 0.0428. The Kier molecular flexibility index (Phi) is 12.2. The van der Waals surface area contributed by atoms with Crippen LogP contribution in [0.25, 0.3) is 22.9 Å². The van der Waals surface area contributed by atoms with Gasteiger partial charge in [-0.05, 0) is 127 Å². The van der Waals surface area contributed by atoms with Crippen LogP contribution in [0.1, 0.15) is 91.5 Å². The van der Waals surface area contributed by atoms with Crippen molar-refractivity contribution in [1.29, 1.82) is 0 Å². The van der Waals surface area contributed by atoms with Crippen LogP contribution < -0.4 is 10.2 Å². The number of rotatable bonds is 15. The number of aliphatic carboxylic acids is 1. The summed E-state index contributed by atoms with van der Waals surface area (Å²) in [6.07, 6.45) is 10.3. The van der Waals surface area contributed by atoms with Crippen LogP contribution in [0, 0.1) is 20.8 Å². The van der Waals surface area contributed by atoms with Gasteiger partial charge in [-0.25, -0.2) is 0 Å². The third-order valence-electron chi connectivity index (χ3n) is 11.5. The van der Waals surface area contributed by atoms with Gasteiger partial charge in [-0.2, -0.15) is 4.58 Å². The molecule has 0 aromatic heterocycles. The summed E-state index contributed by atoms with van der Waals surface area (Å²) in [5, 5.41) is 30.4. The first-order valence-electron chi connectivity index (χ1n) is 19.8. The van der Waals surface area contributed by atoms with Crippen molar-refractivity contribution in [2.45, 2.75) is 85.2 Å². The van der Waals surface area contributed by atoms with Crippen LogP contribution in [0.4, 0.5) is 5.69 Å². The first kappa shape index (κ1) is 41.1. The molecule has 0 saturated carbocycles. The van der Waals surface area contributed by atoms with Crippen LogP contribution >= 0.6 is 0 Å². The van der Waals surface area contributed by atoms with Gasteiger partial charge in [0.15, 0.2) is 5.71 Å². The van der Waals surface area contributed by atoms with Gasteiger partial charge in [0.1, 0.15) is 18.9 Å². The molecule has 0 amide bonds. The highest BCUT2D eigenvalue weighted by molar-refractivity contribution is 6.58. The molecule has 0 saturated heterocycles. The minimum Gasteiger partial charge on any atom is -0.489 e. The summed E-state index contributed by atoms with van der Waals surface area (Å²) in [5.74, 6) is -0.0314.